The van der Waals surface area contributed by atoms with E-state index >= 15 is 0 Å². The average Bonchev–Trinajstić information content (AvgIpc) is 3.08. The first kappa shape index (κ1) is 15.0. The first-order chi connectivity index (χ1) is 10.2. The van der Waals surface area contributed by atoms with Crippen LogP contribution >= 0.6 is 22.9 Å². The summed E-state index contributed by atoms with van der Waals surface area (Å²) in [6.07, 6.45) is 1.06. The second-order valence-electron chi connectivity index (χ2n) is 5.54. The Morgan fingerprint density at radius 2 is 2.24 bits per heavy atom. The molecular weight excluding hydrogens is 302 g/mol. The van der Waals surface area contributed by atoms with E-state index in [4.69, 9.17) is 17.3 Å². The lowest BCUT2D eigenvalue weighted by Gasteiger charge is -2.12. The molecule has 0 spiro atoms. The van der Waals surface area contributed by atoms with Crippen molar-refractivity contribution in [1.82, 2.24) is 10.6 Å². The lowest BCUT2D eigenvalue weighted by Crippen LogP contribution is -2.33. The van der Waals surface area contributed by atoms with Crippen LogP contribution in [-0.2, 0) is 6.54 Å². The van der Waals surface area contributed by atoms with Crippen molar-refractivity contribution in [3.05, 3.63) is 46.3 Å². The number of thiophene rings is 1. The molecule has 4 N–H and O–H groups in total. The van der Waals surface area contributed by atoms with Gasteiger partial charge in [0.15, 0.2) is 0 Å². The summed E-state index contributed by atoms with van der Waals surface area (Å²) in [4.78, 5) is 1.21. The molecule has 21 heavy (non-hydrogen) atoms. The Bertz CT molecular complexity index is 599. The zero-order valence-electron chi connectivity index (χ0n) is 11.8. The number of rotatable bonds is 5. The highest BCUT2D eigenvalue weighted by Crippen LogP contribution is 2.31. The molecule has 0 amide bonds. The van der Waals surface area contributed by atoms with E-state index in [1.165, 1.54) is 16.0 Å². The van der Waals surface area contributed by atoms with Gasteiger partial charge in [-0.2, -0.15) is 0 Å². The molecule has 0 aliphatic carbocycles. The predicted molar refractivity (Wildman–Crippen MR) is 90.9 cm³/mol. The number of nitrogens with two attached hydrogens (primary N) is 1. The fraction of sp³-hybridized carbons (Fsp3) is 0.375. The number of hydrogen-bond acceptors (Lipinski definition) is 4. The van der Waals surface area contributed by atoms with E-state index in [0.717, 1.165) is 30.4 Å². The van der Waals surface area contributed by atoms with Gasteiger partial charge in [0.1, 0.15) is 0 Å². The van der Waals surface area contributed by atoms with E-state index in [1.807, 2.05) is 6.07 Å². The van der Waals surface area contributed by atoms with Crippen molar-refractivity contribution in [3.8, 4) is 10.4 Å². The Morgan fingerprint density at radius 1 is 1.33 bits per heavy atom. The molecule has 5 heteroatoms. The van der Waals surface area contributed by atoms with Crippen LogP contribution in [0.15, 0.2) is 36.4 Å². The maximum absolute atomic E-state index is 6.01. The van der Waals surface area contributed by atoms with Gasteiger partial charge in [-0.1, -0.05) is 29.8 Å². The lowest BCUT2D eigenvalue weighted by molar-refractivity contribution is 0.532. The molecule has 112 valence electrons. The number of benzene rings is 1. The molecule has 2 atom stereocenters. The lowest BCUT2D eigenvalue weighted by atomic mass is 10.1. The van der Waals surface area contributed by atoms with Gasteiger partial charge < -0.3 is 16.4 Å². The third-order valence-electron chi connectivity index (χ3n) is 3.76. The van der Waals surface area contributed by atoms with Crippen LogP contribution in [-0.4, -0.2) is 25.2 Å². The quantitative estimate of drug-likeness (QED) is 0.793. The van der Waals surface area contributed by atoms with E-state index < -0.39 is 0 Å². The summed E-state index contributed by atoms with van der Waals surface area (Å²) < 4.78 is 0.831. The fourth-order valence-electron chi connectivity index (χ4n) is 2.70. The van der Waals surface area contributed by atoms with Gasteiger partial charge in [-0.25, -0.2) is 0 Å². The van der Waals surface area contributed by atoms with Crippen LogP contribution in [0, 0.1) is 0 Å². The van der Waals surface area contributed by atoms with Gasteiger partial charge in [0, 0.05) is 36.6 Å². The number of nitrogens with one attached hydrogen (secondary N) is 2. The van der Waals surface area contributed by atoms with Gasteiger partial charge >= 0.3 is 0 Å². The molecule has 0 bridgehead atoms. The Morgan fingerprint density at radius 3 is 2.95 bits per heavy atom. The maximum atomic E-state index is 6.01. The molecule has 1 saturated heterocycles. The molecule has 3 rings (SSSR count). The Balaban J connectivity index is 1.56. The van der Waals surface area contributed by atoms with Crippen LogP contribution in [0.2, 0.25) is 4.34 Å². The fourth-order valence-corrected chi connectivity index (χ4v) is 3.74. The van der Waals surface area contributed by atoms with E-state index in [1.54, 1.807) is 11.3 Å². The second-order valence-corrected chi connectivity index (χ2v) is 7.25. The van der Waals surface area contributed by atoms with E-state index in [9.17, 15) is 0 Å². The van der Waals surface area contributed by atoms with E-state index in [0.29, 0.717) is 12.1 Å². The zero-order chi connectivity index (χ0) is 14.7. The largest absolute Gasteiger partial charge is 0.326 e. The number of halogens is 1. The van der Waals surface area contributed by atoms with Crippen LogP contribution in [0.1, 0.15) is 12.0 Å². The minimum atomic E-state index is 0.309. The van der Waals surface area contributed by atoms with Crippen molar-refractivity contribution in [2.75, 3.05) is 13.1 Å². The van der Waals surface area contributed by atoms with Crippen LogP contribution in [0.25, 0.3) is 10.4 Å². The molecule has 3 nitrogen and oxygen atoms in total. The highest BCUT2D eigenvalue weighted by atomic mass is 35.5. The summed E-state index contributed by atoms with van der Waals surface area (Å²) in [6, 6.07) is 13.4. The molecule has 1 fully saturated rings. The van der Waals surface area contributed by atoms with E-state index in [-0.39, 0.29) is 0 Å². The molecule has 0 saturated carbocycles. The normalized spacial score (nSPS) is 21.8. The van der Waals surface area contributed by atoms with Crippen molar-refractivity contribution in [1.29, 1.82) is 0 Å². The highest BCUT2D eigenvalue weighted by molar-refractivity contribution is 7.19. The summed E-state index contributed by atoms with van der Waals surface area (Å²) >= 11 is 7.62. The zero-order valence-corrected chi connectivity index (χ0v) is 13.4. The van der Waals surface area contributed by atoms with Gasteiger partial charge in [-0.3, -0.25) is 0 Å². The van der Waals surface area contributed by atoms with Gasteiger partial charge in [0.25, 0.3) is 0 Å². The Hall–Kier alpha value is -0.910. The average molecular weight is 322 g/mol. The molecule has 1 aliphatic rings. The SMILES string of the molecule is NC1CNC(CNCc2cccc(-c3ccc(Cl)s3)c2)C1. The molecule has 2 unspecified atom stereocenters. The summed E-state index contributed by atoms with van der Waals surface area (Å²) in [5, 5.41) is 6.94. The minimum absolute atomic E-state index is 0.309. The molecular formula is C16H20ClN3S. The summed E-state index contributed by atoms with van der Waals surface area (Å²) in [5.41, 5.74) is 8.41. The van der Waals surface area contributed by atoms with Crippen LogP contribution < -0.4 is 16.4 Å². The number of hydrogen-bond donors (Lipinski definition) is 3. The van der Waals surface area contributed by atoms with Crippen molar-refractivity contribution in [2.24, 2.45) is 5.73 Å². The van der Waals surface area contributed by atoms with E-state index in [2.05, 4.69) is 41.0 Å². The second kappa shape index (κ2) is 6.90. The van der Waals surface area contributed by atoms with Gasteiger partial charge in [0.05, 0.1) is 4.34 Å². The van der Waals surface area contributed by atoms with Crippen LogP contribution in [0.4, 0.5) is 0 Å². The van der Waals surface area contributed by atoms with Crippen LogP contribution in [0.5, 0.6) is 0 Å². The first-order valence-corrected chi connectivity index (χ1v) is 8.44. The first-order valence-electron chi connectivity index (χ1n) is 7.25. The van der Waals surface area contributed by atoms with Crippen LogP contribution in [0.3, 0.4) is 0 Å². The molecule has 1 aromatic carbocycles. The minimum Gasteiger partial charge on any atom is -0.326 e. The molecule has 1 aliphatic heterocycles. The van der Waals surface area contributed by atoms with Gasteiger partial charge in [-0.15, -0.1) is 11.3 Å². The summed E-state index contributed by atoms with van der Waals surface area (Å²) in [7, 11) is 0. The third kappa shape index (κ3) is 4.05. The Kier molecular flexibility index (Phi) is 4.93. The highest BCUT2D eigenvalue weighted by Gasteiger charge is 2.19. The van der Waals surface area contributed by atoms with Crippen molar-refractivity contribution in [3.63, 3.8) is 0 Å². The molecule has 2 heterocycles. The Labute approximate surface area is 134 Å². The van der Waals surface area contributed by atoms with Gasteiger partial charge in [0.2, 0.25) is 0 Å². The molecule has 1 aromatic heterocycles. The topological polar surface area (TPSA) is 50.1 Å². The third-order valence-corrected chi connectivity index (χ3v) is 5.04. The monoisotopic (exact) mass is 321 g/mol. The standard InChI is InChI=1S/C16H20ClN3S/c17-16-5-4-15(21-16)12-3-1-2-11(6-12)8-19-10-14-7-13(18)9-20-14/h1-6,13-14,19-20H,7-10,18H2. The molecule has 0 radical (unpaired) electrons. The van der Waals surface area contributed by atoms with Crippen molar-refractivity contribution >= 4 is 22.9 Å². The van der Waals surface area contributed by atoms with Crippen molar-refractivity contribution in [2.45, 2.75) is 25.0 Å². The smallest absolute Gasteiger partial charge is 0.0934 e. The summed E-state index contributed by atoms with van der Waals surface area (Å²) in [6.45, 7) is 2.77. The van der Waals surface area contributed by atoms with Crippen molar-refractivity contribution < 1.29 is 0 Å². The maximum Gasteiger partial charge on any atom is 0.0934 e. The van der Waals surface area contributed by atoms with Gasteiger partial charge in [-0.05, 0) is 35.7 Å². The molecule has 2 aromatic rings. The summed E-state index contributed by atoms with van der Waals surface area (Å²) in [5.74, 6) is 0. The predicted octanol–water partition coefficient (Wildman–Crippen LogP) is 2.85.